The molecule has 1 aromatic rings. The lowest BCUT2D eigenvalue weighted by Crippen LogP contribution is -2.41. The van der Waals surface area contributed by atoms with Crippen LogP contribution in [0.1, 0.15) is 39.2 Å². The van der Waals surface area contributed by atoms with Crippen molar-refractivity contribution in [1.29, 1.82) is 0 Å². The second kappa shape index (κ2) is 6.19. The van der Waals surface area contributed by atoms with E-state index >= 15 is 0 Å². The van der Waals surface area contributed by atoms with Crippen LogP contribution in [-0.2, 0) is 6.54 Å². The molecule has 0 saturated carbocycles. The van der Waals surface area contributed by atoms with Crippen LogP contribution in [0.25, 0.3) is 0 Å². The van der Waals surface area contributed by atoms with Gasteiger partial charge in [0, 0.05) is 25.3 Å². The topological polar surface area (TPSA) is 28.2 Å². The third kappa shape index (κ3) is 3.02. The molecule has 0 aromatic carbocycles. The van der Waals surface area contributed by atoms with Crippen molar-refractivity contribution in [3.05, 3.63) is 24.0 Å². The van der Waals surface area contributed by atoms with E-state index in [0.29, 0.717) is 6.04 Å². The lowest BCUT2D eigenvalue weighted by atomic mass is 9.94. The number of rotatable bonds is 4. The van der Waals surface area contributed by atoms with Crippen molar-refractivity contribution in [2.75, 3.05) is 18.0 Å². The molecule has 2 rings (SSSR count). The maximum Gasteiger partial charge on any atom is 0.0600 e. The summed E-state index contributed by atoms with van der Waals surface area (Å²) in [5, 5.41) is 3.42. The van der Waals surface area contributed by atoms with Gasteiger partial charge in [0.15, 0.2) is 0 Å². The van der Waals surface area contributed by atoms with Crippen LogP contribution >= 0.6 is 0 Å². The van der Waals surface area contributed by atoms with Crippen LogP contribution in [0.4, 0.5) is 5.69 Å². The molecule has 2 atom stereocenters. The fourth-order valence-electron chi connectivity index (χ4n) is 2.71. The Morgan fingerprint density at radius 2 is 2.22 bits per heavy atom. The maximum absolute atomic E-state index is 4.32. The number of nitrogens with one attached hydrogen (secondary N) is 1. The van der Waals surface area contributed by atoms with Gasteiger partial charge in [0.05, 0.1) is 11.9 Å². The molecule has 3 heteroatoms. The SMILES string of the molecule is CCNCc1ccncc1N1CC(C)CCC1C. The van der Waals surface area contributed by atoms with Crippen molar-refractivity contribution in [2.45, 2.75) is 46.2 Å². The zero-order valence-electron chi connectivity index (χ0n) is 11.8. The molecular weight excluding hydrogens is 222 g/mol. The molecule has 2 unspecified atom stereocenters. The van der Waals surface area contributed by atoms with Gasteiger partial charge in [-0.1, -0.05) is 13.8 Å². The average Bonchev–Trinajstić information content (AvgIpc) is 2.39. The fourth-order valence-corrected chi connectivity index (χ4v) is 2.71. The molecule has 0 bridgehead atoms. The summed E-state index contributed by atoms with van der Waals surface area (Å²) >= 11 is 0. The fraction of sp³-hybridized carbons (Fsp3) is 0.667. The zero-order valence-corrected chi connectivity index (χ0v) is 11.8. The standard InChI is InChI=1S/C15H25N3/c1-4-16-9-14-7-8-17-10-15(14)18-11-12(2)5-6-13(18)3/h7-8,10,12-13,16H,4-6,9,11H2,1-3H3. The summed E-state index contributed by atoms with van der Waals surface area (Å²) in [7, 11) is 0. The second-order valence-corrected chi connectivity index (χ2v) is 5.47. The Hall–Kier alpha value is -1.09. The Morgan fingerprint density at radius 1 is 1.39 bits per heavy atom. The van der Waals surface area contributed by atoms with Gasteiger partial charge in [0.1, 0.15) is 0 Å². The molecule has 1 aliphatic heterocycles. The minimum atomic E-state index is 0.630. The summed E-state index contributed by atoms with van der Waals surface area (Å²) in [4.78, 5) is 6.85. The highest BCUT2D eigenvalue weighted by Gasteiger charge is 2.24. The van der Waals surface area contributed by atoms with Gasteiger partial charge in [0.2, 0.25) is 0 Å². The molecule has 0 aliphatic carbocycles. The molecule has 3 nitrogen and oxygen atoms in total. The summed E-state index contributed by atoms with van der Waals surface area (Å²) in [5.41, 5.74) is 2.69. The number of anilines is 1. The molecule has 0 radical (unpaired) electrons. The van der Waals surface area contributed by atoms with E-state index in [2.05, 4.69) is 42.0 Å². The van der Waals surface area contributed by atoms with Crippen molar-refractivity contribution in [1.82, 2.24) is 10.3 Å². The molecule has 100 valence electrons. The summed E-state index contributed by atoms with van der Waals surface area (Å²) < 4.78 is 0. The quantitative estimate of drug-likeness (QED) is 0.887. The number of piperidine rings is 1. The minimum absolute atomic E-state index is 0.630. The Morgan fingerprint density at radius 3 is 3.00 bits per heavy atom. The van der Waals surface area contributed by atoms with Crippen molar-refractivity contribution >= 4 is 5.69 Å². The van der Waals surface area contributed by atoms with Gasteiger partial charge in [-0.05, 0) is 43.9 Å². The first-order valence-electron chi connectivity index (χ1n) is 7.12. The first-order valence-corrected chi connectivity index (χ1v) is 7.12. The van der Waals surface area contributed by atoms with Crippen LogP contribution in [0.3, 0.4) is 0 Å². The summed E-state index contributed by atoms with van der Waals surface area (Å²) in [5.74, 6) is 0.786. The van der Waals surface area contributed by atoms with Crippen LogP contribution in [0, 0.1) is 5.92 Å². The van der Waals surface area contributed by atoms with Gasteiger partial charge in [-0.15, -0.1) is 0 Å². The third-order valence-corrected chi connectivity index (χ3v) is 3.88. The first kappa shape index (κ1) is 13.3. The minimum Gasteiger partial charge on any atom is -0.367 e. The average molecular weight is 247 g/mol. The Kier molecular flexibility index (Phi) is 4.59. The molecular formula is C15H25N3. The number of nitrogens with zero attached hydrogens (tertiary/aromatic N) is 2. The van der Waals surface area contributed by atoms with Crippen LogP contribution in [-0.4, -0.2) is 24.1 Å². The highest BCUT2D eigenvalue weighted by atomic mass is 15.2. The van der Waals surface area contributed by atoms with Gasteiger partial charge in [0.25, 0.3) is 0 Å². The smallest absolute Gasteiger partial charge is 0.0600 e. The van der Waals surface area contributed by atoms with E-state index in [1.165, 1.54) is 24.1 Å². The molecule has 1 saturated heterocycles. The number of aromatic nitrogens is 1. The highest BCUT2D eigenvalue weighted by Crippen LogP contribution is 2.29. The van der Waals surface area contributed by atoms with E-state index in [-0.39, 0.29) is 0 Å². The van der Waals surface area contributed by atoms with Crippen LogP contribution < -0.4 is 10.2 Å². The van der Waals surface area contributed by atoms with Gasteiger partial charge < -0.3 is 10.2 Å². The first-order chi connectivity index (χ1) is 8.72. The molecule has 0 amide bonds. The molecule has 2 heterocycles. The number of hydrogen-bond donors (Lipinski definition) is 1. The second-order valence-electron chi connectivity index (χ2n) is 5.47. The zero-order chi connectivity index (χ0) is 13.0. The third-order valence-electron chi connectivity index (χ3n) is 3.88. The van der Waals surface area contributed by atoms with Crippen molar-refractivity contribution in [3.63, 3.8) is 0 Å². The van der Waals surface area contributed by atoms with E-state index in [4.69, 9.17) is 0 Å². The van der Waals surface area contributed by atoms with Gasteiger partial charge in [-0.3, -0.25) is 4.98 Å². The predicted octanol–water partition coefficient (Wildman–Crippen LogP) is 2.82. The predicted molar refractivity (Wildman–Crippen MR) is 76.8 cm³/mol. The monoisotopic (exact) mass is 247 g/mol. The molecule has 1 N–H and O–H groups in total. The van der Waals surface area contributed by atoms with E-state index in [0.717, 1.165) is 25.6 Å². The summed E-state index contributed by atoms with van der Waals surface area (Å²) in [6, 6.07) is 2.77. The largest absolute Gasteiger partial charge is 0.367 e. The molecule has 1 fully saturated rings. The van der Waals surface area contributed by atoms with Crippen LogP contribution in [0.2, 0.25) is 0 Å². The van der Waals surface area contributed by atoms with Crippen molar-refractivity contribution in [2.24, 2.45) is 5.92 Å². The molecule has 1 aromatic heterocycles. The lowest BCUT2D eigenvalue weighted by molar-refractivity contribution is 0.389. The summed E-state index contributed by atoms with van der Waals surface area (Å²) in [6.45, 7) is 9.92. The molecule has 18 heavy (non-hydrogen) atoms. The van der Waals surface area contributed by atoms with Gasteiger partial charge in [-0.2, -0.15) is 0 Å². The molecule has 0 spiro atoms. The van der Waals surface area contributed by atoms with Gasteiger partial charge in [-0.25, -0.2) is 0 Å². The Balaban J connectivity index is 2.19. The maximum atomic E-state index is 4.32. The summed E-state index contributed by atoms with van der Waals surface area (Å²) in [6.07, 6.45) is 6.56. The number of pyridine rings is 1. The molecule has 1 aliphatic rings. The van der Waals surface area contributed by atoms with Crippen molar-refractivity contribution < 1.29 is 0 Å². The van der Waals surface area contributed by atoms with E-state index in [9.17, 15) is 0 Å². The lowest BCUT2D eigenvalue weighted by Gasteiger charge is -2.39. The van der Waals surface area contributed by atoms with Crippen LogP contribution in [0.15, 0.2) is 18.5 Å². The van der Waals surface area contributed by atoms with E-state index in [1.54, 1.807) is 0 Å². The Bertz CT molecular complexity index is 378. The van der Waals surface area contributed by atoms with Crippen LogP contribution in [0.5, 0.6) is 0 Å². The normalized spacial score (nSPS) is 24.3. The number of hydrogen-bond acceptors (Lipinski definition) is 3. The highest BCUT2D eigenvalue weighted by molar-refractivity contribution is 5.52. The van der Waals surface area contributed by atoms with Crippen molar-refractivity contribution in [3.8, 4) is 0 Å². The Labute approximate surface area is 111 Å². The van der Waals surface area contributed by atoms with E-state index in [1.807, 2.05) is 12.4 Å². The van der Waals surface area contributed by atoms with E-state index < -0.39 is 0 Å². The van der Waals surface area contributed by atoms with Gasteiger partial charge >= 0.3 is 0 Å².